The Morgan fingerprint density at radius 2 is 1.79 bits per heavy atom. The number of para-hydroxylation sites is 1. The number of aliphatic carboxylic acids is 1. The molecule has 1 aromatic carbocycles. The lowest BCUT2D eigenvalue weighted by atomic mass is 9.80. The van der Waals surface area contributed by atoms with Crippen LogP contribution < -0.4 is 4.74 Å². The van der Waals surface area contributed by atoms with Gasteiger partial charge in [-0.2, -0.15) is 13.2 Å². The van der Waals surface area contributed by atoms with E-state index in [1.807, 2.05) is 0 Å². The van der Waals surface area contributed by atoms with Crippen LogP contribution in [0.2, 0.25) is 0 Å². The van der Waals surface area contributed by atoms with Crippen molar-refractivity contribution in [3.05, 3.63) is 29.3 Å². The molecule has 1 N–H and O–H groups in total. The molecule has 0 atom stereocenters. The Hall–Kier alpha value is -1.72. The summed E-state index contributed by atoms with van der Waals surface area (Å²) in [7, 11) is 1.14. The Morgan fingerprint density at radius 3 is 2.21 bits per heavy atom. The van der Waals surface area contributed by atoms with Crippen molar-refractivity contribution in [2.24, 2.45) is 0 Å². The first-order valence-corrected chi connectivity index (χ1v) is 5.56. The number of carbonyl (C=O) groups is 1. The van der Waals surface area contributed by atoms with E-state index >= 15 is 0 Å². The van der Waals surface area contributed by atoms with Gasteiger partial charge in [-0.05, 0) is 6.07 Å². The largest absolute Gasteiger partial charge is 0.496 e. The number of methoxy groups -OCH3 is 1. The molecule has 0 aromatic heterocycles. The standard InChI is InChI=1S/C13H15F3O3/c1-12(2,7-10(17)18)8-5-4-6-9(11(8)19-3)13(14,15)16/h4-6H,7H2,1-3H3,(H,17,18). The first-order valence-electron chi connectivity index (χ1n) is 5.56. The summed E-state index contributed by atoms with van der Waals surface area (Å²) in [6.07, 6.45) is -4.83. The lowest BCUT2D eigenvalue weighted by Gasteiger charge is -2.27. The second-order valence-corrected chi connectivity index (χ2v) is 4.84. The van der Waals surface area contributed by atoms with E-state index in [0.29, 0.717) is 0 Å². The van der Waals surface area contributed by atoms with Crippen LogP contribution in [0, 0.1) is 0 Å². The second-order valence-electron chi connectivity index (χ2n) is 4.84. The highest BCUT2D eigenvalue weighted by Crippen LogP contribution is 2.42. The molecule has 0 heterocycles. The zero-order chi connectivity index (χ0) is 14.8. The summed E-state index contributed by atoms with van der Waals surface area (Å²) in [5.41, 5.74) is -1.63. The number of hydrogen-bond donors (Lipinski definition) is 1. The Balaban J connectivity index is 3.41. The zero-order valence-corrected chi connectivity index (χ0v) is 10.8. The Kier molecular flexibility index (Phi) is 4.12. The van der Waals surface area contributed by atoms with Gasteiger partial charge in [-0.1, -0.05) is 26.0 Å². The molecule has 6 heteroatoms. The van der Waals surface area contributed by atoms with Crippen LogP contribution in [0.5, 0.6) is 5.75 Å². The van der Waals surface area contributed by atoms with E-state index in [2.05, 4.69) is 0 Å². The van der Waals surface area contributed by atoms with Crippen LogP contribution in [0.4, 0.5) is 13.2 Å². The van der Waals surface area contributed by atoms with Gasteiger partial charge >= 0.3 is 12.1 Å². The van der Waals surface area contributed by atoms with E-state index in [1.165, 1.54) is 12.1 Å². The maximum Gasteiger partial charge on any atom is 0.419 e. The molecule has 0 saturated carbocycles. The molecule has 0 fully saturated rings. The van der Waals surface area contributed by atoms with Gasteiger partial charge in [0.05, 0.1) is 19.1 Å². The first-order chi connectivity index (χ1) is 8.59. The maximum atomic E-state index is 12.9. The molecule has 3 nitrogen and oxygen atoms in total. The van der Waals surface area contributed by atoms with Crippen LogP contribution in [0.3, 0.4) is 0 Å². The van der Waals surface area contributed by atoms with Crippen molar-refractivity contribution >= 4 is 5.97 Å². The molecule has 1 rings (SSSR count). The summed E-state index contributed by atoms with van der Waals surface area (Å²) < 4.78 is 43.5. The van der Waals surface area contributed by atoms with Gasteiger partial charge in [-0.3, -0.25) is 4.79 Å². The van der Waals surface area contributed by atoms with Crippen LogP contribution in [-0.4, -0.2) is 18.2 Å². The summed E-state index contributed by atoms with van der Waals surface area (Å²) in [4.78, 5) is 10.8. The van der Waals surface area contributed by atoms with Crippen molar-refractivity contribution in [3.8, 4) is 5.75 Å². The fraction of sp³-hybridized carbons (Fsp3) is 0.462. The van der Waals surface area contributed by atoms with Gasteiger partial charge in [0.1, 0.15) is 5.75 Å². The highest BCUT2D eigenvalue weighted by molar-refractivity contribution is 5.69. The Labute approximate surface area is 109 Å². The molecule has 0 aliphatic carbocycles. The molecule has 0 aliphatic rings. The monoisotopic (exact) mass is 276 g/mol. The minimum atomic E-state index is -4.54. The molecular formula is C13H15F3O3. The van der Waals surface area contributed by atoms with Crippen LogP contribution in [0.15, 0.2) is 18.2 Å². The summed E-state index contributed by atoms with van der Waals surface area (Å²) >= 11 is 0. The molecule has 0 spiro atoms. The lowest BCUT2D eigenvalue weighted by molar-refractivity contribution is -0.138. The predicted molar refractivity (Wildman–Crippen MR) is 63.3 cm³/mol. The molecule has 106 valence electrons. The van der Waals surface area contributed by atoms with Crippen molar-refractivity contribution in [1.82, 2.24) is 0 Å². The molecule has 0 saturated heterocycles. The van der Waals surface area contributed by atoms with Crippen molar-refractivity contribution in [2.45, 2.75) is 31.9 Å². The first kappa shape index (κ1) is 15.3. The Bertz CT molecular complexity index is 479. The lowest BCUT2D eigenvalue weighted by Crippen LogP contribution is -2.23. The van der Waals surface area contributed by atoms with Gasteiger partial charge < -0.3 is 9.84 Å². The minimum Gasteiger partial charge on any atom is -0.496 e. The van der Waals surface area contributed by atoms with Crippen molar-refractivity contribution in [3.63, 3.8) is 0 Å². The molecule has 19 heavy (non-hydrogen) atoms. The maximum absolute atomic E-state index is 12.9. The van der Waals surface area contributed by atoms with Gasteiger partial charge in [0.25, 0.3) is 0 Å². The molecule has 0 unspecified atom stereocenters. The number of carboxylic acids is 1. The van der Waals surface area contributed by atoms with Crippen LogP contribution in [0.1, 0.15) is 31.4 Å². The number of hydrogen-bond acceptors (Lipinski definition) is 2. The second kappa shape index (κ2) is 5.11. The molecule has 0 bridgehead atoms. The van der Waals surface area contributed by atoms with Gasteiger partial charge in [0, 0.05) is 11.0 Å². The van der Waals surface area contributed by atoms with Crippen LogP contribution in [-0.2, 0) is 16.4 Å². The molecule has 0 amide bonds. The smallest absolute Gasteiger partial charge is 0.419 e. The van der Waals surface area contributed by atoms with E-state index in [9.17, 15) is 18.0 Å². The van der Waals surface area contributed by atoms with Crippen molar-refractivity contribution < 1.29 is 27.8 Å². The highest BCUT2D eigenvalue weighted by Gasteiger charge is 2.38. The zero-order valence-electron chi connectivity index (χ0n) is 10.8. The fourth-order valence-electron chi connectivity index (χ4n) is 1.99. The van der Waals surface area contributed by atoms with Gasteiger partial charge in [0.2, 0.25) is 0 Å². The molecule has 0 aliphatic heterocycles. The third-order valence-electron chi connectivity index (χ3n) is 2.85. The molecular weight excluding hydrogens is 261 g/mol. The SMILES string of the molecule is COc1c(C(F)(F)F)cccc1C(C)(C)CC(=O)O. The topological polar surface area (TPSA) is 46.5 Å². The van der Waals surface area contributed by atoms with Crippen LogP contribution in [0.25, 0.3) is 0 Å². The number of rotatable bonds is 4. The third-order valence-corrected chi connectivity index (χ3v) is 2.85. The van der Waals surface area contributed by atoms with Crippen molar-refractivity contribution in [2.75, 3.05) is 7.11 Å². The van der Waals surface area contributed by atoms with Gasteiger partial charge in [-0.15, -0.1) is 0 Å². The average Bonchev–Trinajstić information content (AvgIpc) is 2.25. The summed E-state index contributed by atoms with van der Waals surface area (Å²) in [6.45, 7) is 3.14. The number of ether oxygens (including phenoxy) is 1. The average molecular weight is 276 g/mol. The van der Waals surface area contributed by atoms with Gasteiger partial charge in [-0.25, -0.2) is 0 Å². The molecule has 1 aromatic rings. The highest BCUT2D eigenvalue weighted by atomic mass is 19.4. The summed E-state index contributed by atoms with van der Waals surface area (Å²) in [6, 6.07) is 3.63. The van der Waals surface area contributed by atoms with E-state index in [1.54, 1.807) is 13.8 Å². The van der Waals surface area contributed by atoms with Crippen molar-refractivity contribution in [1.29, 1.82) is 0 Å². The minimum absolute atomic E-state index is 0.229. The van der Waals surface area contributed by atoms with E-state index in [-0.39, 0.29) is 17.7 Å². The summed E-state index contributed by atoms with van der Waals surface area (Å²) in [5.74, 6) is -1.40. The normalized spacial score (nSPS) is 12.3. The number of halogens is 3. The van der Waals surface area contributed by atoms with E-state index in [4.69, 9.17) is 9.84 Å². The fourth-order valence-corrected chi connectivity index (χ4v) is 1.99. The Morgan fingerprint density at radius 1 is 1.26 bits per heavy atom. The number of carboxylic acid groups (broad SMARTS) is 1. The van der Waals surface area contributed by atoms with Crippen LogP contribution >= 0.6 is 0 Å². The third kappa shape index (κ3) is 3.39. The summed E-state index contributed by atoms with van der Waals surface area (Å²) in [5, 5.41) is 8.84. The number of alkyl halides is 3. The van der Waals surface area contributed by atoms with Gasteiger partial charge in [0.15, 0.2) is 0 Å². The van der Waals surface area contributed by atoms with E-state index in [0.717, 1.165) is 13.2 Å². The quantitative estimate of drug-likeness (QED) is 0.916. The predicted octanol–water partition coefficient (Wildman–Crippen LogP) is 3.47. The number of benzene rings is 1. The van der Waals surface area contributed by atoms with E-state index < -0.39 is 23.1 Å². The molecule has 0 radical (unpaired) electrons.